The molecule has 0 atom stereocenters. The fraction of sp³-hybridized carbons (Fsp3) is 0.400. The number of anilines is 1. The van der Waals surface area contributed by atoms with E-state index in [2.05, 4.69) is 10.1 Å². The molecule has 4 nitrogen and oxygen atoms in total. The third-order valence-electron chi connectivity index (χ3n) is 1.70. The Bertz CT molecular complexity index is 392. The highest BCUT2D eigenvalue weighted by atomic mass is 15.3. The molecule has 76 valence electrons. The van der Waals surface area contributed by atoms with Gasteiger partial charge in [-0.3, -0.25) is 0 Å². The molecule has 2 heterocycles. The molecule has 0 saturated carbocycles. The quantitative estimate of drug-likeness (QED) is 0.691. The summed E-state index contributed by atoms with van der Waals surface area (Å²) in [4.78, 5) is 6.06. The number of rotatable bonds is 1. The highest BCUT2D eigenvalue weighted by Gasteiger charge is 1.98. The van der Waals surface area contributed by atoms with Crippen molar-refractivity contribution in [3.8, 4) is 0 Å². The van der Waals surface area contributed by atoms with Gasteiger partial charge in [-0.2, -0.15) is 0 Å². The Balaban J connectivity index is 0.000000461. The Hall–Kier alpha value is -1.58. The monoisotopic (exact) mass is 192 g/mol. The second-order valence-electron chi connectivity index (χ2n) is 2.82. The molecule has 0 N–H and O–H groups in total. The van der Waals surface area contributed by atoms with Crippen LogP contribution in [0.3, 0.4) is 0 Å². The van der Waals surface area contributed by atoms with Crippen LogP contribution >= 0.6 is 0 Å². The molecule has 14 heavy (non-hydrogen) atoms. The van der Waals surface area contributed by atoms with E-state index in [-0.39, 0.29) is 0 Å². The molecule has 4 heteroatoms. The molecule has 0 amide bonds. The molecule has 2 aromatic rings. The van der Waals surface area contributed by atoms with Crippen LogP contribution in [0.1, 0.15) is 13.8 Å². The summed E-state index contributed by atoms with van der Waals surface area (Å²) in [7, 11) is 3.93. The largest absolute Gasteiger partial charge is 0.361 e. The average molecular weight is 192 g/mol. The maximum atomic E-state index is 4.31. The first-order valence-electron chi connectivity index (χ1n) is 4.75. The van der Waals surface area contributed by atoms with E-state index >= 15 is 0 Å². The fourth-order valence-corrected chi connectivity index (χ4v) is 1.04. The van der Waals surface area contributed by atoms with Crippen molar-refractivity contribution in [2.75, 3.05) is 19.0 Å². The minimum absolute atomic E-state index is 0.876. The molecular weight excluding hydrogens is 176 g/mol. The van der Waals surface area contributed by atoms with E-state index in [4.69, 9.17) is 0 Å². The summed E-state index contributed by atoms with van der Waals surface area (Å²) < 4.78 is 1.76. The Labute approximate surface area is 84.2 Å². The van der Waals surface area contributed by atoms with Crippen molar-refractivity contribution in [3.05, 3.63) is 24.5 Å². The third-order valence-corrected chi connectivity index (χ3v) is 1.70. The van der Waals surface area contributed by atoms with Gasteiger partial charge < -0.3 is 4.90 Å². The zero-order valence-electron chi connectivity index (χ0n) is 9.10. The van der Waals surface area contributed by atoms with Gasteiger partial charge in [0.2, 0.25) is 0 Å². The summed E-state index contributed by atoms with van der Waals surface area (Å²) in [6.45, 7) is 4.00. The van der Waals surface area contributed by atoms with Crippen LogP contribution in [0.2, 0.25) is 0 Å². The molecule has 0 fully saturated rings. The van der Waals surface area contributed by atoms with Crippen molar-refractivity contribution in [1.29, 1.82) is 0 Å². The Morgan fingerprint density at radius 1 is 1.21 bits per heavy atom. The number of imidazole rings is 1. The summed E-state index contributed by atoms with van der Waals surface area (Å²) in [5.41, 5.74) is 0.876. The van der Waals surface area contributed by atoms with E-state index in [1.54, 1.807) is 10.7 Å². The Morgan fingerprint density at radius 3 is 2.57 bits per heavy atom. The zero-order chi connectivity index (χ0) is 10.6. The smallest absolute Gasteiger partial charge is 0.153 e. The van der Waals surface area contributed by atoms with E-state index in [0.717, 1.165) is 11.5 Å². The lowest BCUT2D eigenvalue weighted by Gasteiger charge is -2.09. The van der Waals surface area contributed by atoms with Gasteiger partial charge >= 0.3 is 0 Å². The van der Waals surface area contributed by atoms with Crippen molar-refractivity contribution in [2.45, 2.75) is 13.8 Å². The van der Waals surface area contributed by atoms with Crippen molar-refractivity contribution >= 4 is 11.5 Å². The number of nitrogens with zero attached hydrogens (tertiary/aromatic N) is 4. The maximum absolute atomic E-state index is 4.31. The van der Waals surface area contributed by atoms with Gasteiger partial charge in [-0.1, -0.05) is 13.8 Å². The van der Waals surface area contributed by atoms with Crippen molar-refractivity contribution < 1.29 is 0 Å². The van der Waals surface area contributed by atoms with Gasteiger partial charge in [0.05, 0.1) is 0 Å². The van der Waals surface area contributed by atoms with Crippen LogP contribution in [0.5, 0.6) is 0 Å². The zero-order valence-corrected chi connectivity index (χ0v) is 9.10. The standard InChI is InChI=1S/C8H10N4.C2H6/c1-11(2)8-4-3-7-9-5-6-12(7)10-8;1-2/h3-6H,1-2H3;1-2H3. The molecule has 2 aromatic heterocycles. The first-order chi connectivity index (χ1) is 6.77. The molecule has 0 aliphatic heterocycles. The second kappa shape index (κ2) is 4.60. The second-order valence-corrected chi connectivity index (χ2v) is 2.82. The number of aromatic nitrogens is 3. The van der Waals surface area contributed by atoms with Crippen molar-refractivity contribution in [3.63, 3.8) is 0 Å². The predicted octanol–water partition coefficient (Wildman–Crippen LogP) is 1.82. The SMILES string of the molecule is CC.CN(C)c1ccc2nccn2n1. The minimum Gasteiger partial charge on any atom is -0.361 e. The molecule has 2 rings (SSSR count). The summed E-state index contributed by atoms with van der Waals surface area (Å²) in [6, 6.07) is 3.89. The van der Waals surface area contributed by atoms with E-state index in [9.17, 15) is 0 Å². The minimum atomic E-state index is 0.876. The fourth-order valence-electron chi connectivity index (χ4n) is 1.04. The van der Waals surface area contributed by atoms with Crippen molar-refractivity contribution in [1.82, 2.24) is 14.6 Å². The third kappa shape index (κ3) is 2.02. The lowest BCUT2D eigenvalue weighted by Crippen LogP contribution is -2.11. The van der Waals surface area contributed by atoms with Crippen LogP contribution in [0, 0.1) is 0 Å². The summed E-state index contributed by atoms with van der Waals surface area (Å²) >= 11 is 0. The number of hydrogen-bond acceptors (Lipinski definition) is 3. The van der Waals surface area contributed by atoms with Crippen LogP contribution in [0.25, 0.3) is 5.65 Å². The summed E-state index contributed by atoms with van der Waals surface area (Å²) in [6.07, 6.45) is 3.57. The first-order valence-corrected chi connectivity index (χ1v) is 4.75. The Kier molecular flexibility index (Phi) is 3.45. The number of hydrogen-bond donors (Lipinski definition) is 0. The molecule has 0 spiro atoms. The van der Waals surface area contributed by atoms with E-state index in [1.165, 1.54) is 0 Å². The maximum Gasteiger partial charge on any atom is 0.153 e. The Morgan fingerprint density at radius 2 is 1.93 bits per heavy atom. The molecule has 0 radical (unpaired) electrons. The van der Waals surface area contributed by atoms with Crippen LogP contribution < -0.4 is 4.90 Å². The highest BCUT2D eigenvalue weighted by Crippen LogP contribution is 2.07. The van der Waals surface area contributed by atoms with Gasteiger partial charge in [0.15, 0.2) is 5.65 Å². The number of fused-ring (bicyclic) bond motifs is 1. The molecule has 0 aromatic carbocycles. The van der Waals surface area contributed by atoms with Gasteiger partial charge in [0, 0.05) is 26.5 Å². The van der Waals surface area contributed by atoms with Gasteiger partial charge in [-0.05, 0) is 12.1 Å². The molecule has 0 aliphatic rings. The van der Waals surface area contributed by atoms with E-state index in [0.29, 0.717) is 0 Å². The lowest BCUT2D eigenvalue weighted by atomic mass is 10.5. The average Bonchev–Trinajstić information content (AvgIpc) is 2.67. The van der Waals surface area contributed by atoms with Gasteiger partial charge in [0.1, 0.15) is 5.82 Å². The summed E-state index contributed by atoms with van der Waals surface area (Å²) in [5.74, 6) is 0.931. The molecule has 0 aliphatic carbocycles. The molecule has 0 bridgehead atoms. The van der Waals surface area contributed by atoms with Gasteiger partial charge in [-0.25, -0.2) is 9.50 Å². The molecule has 0 unspecified atom stereocenters. The van der Waals surface area contributed by atoms with Gasteiger partial charge in [-0.15, -0.1) is 5.10 Å². The first kappa shape index (κ1) is 10.5. The molecule has 0 saturated heterocycles. The van der Waals surface area contributed by atoms with Crippen LogP contribution in [-0.4, -0.2) is 28.7 Å². The van der Waals surface area contributed by atoms with Crippen LogP contribution in [0.4, 0.5) is 5.82 Å². The van der Waals surface area contributed by atoms with Gasteiger partial charge in [0.25, 0.3) is 0 Å². The highest BCUT2D eigenvalue weighted by molar-refractivity contribution is 5.44. The van der Waals surface area contributed by atoms with Crippen LogP contribution in [0.15, 0.2) is 24.5 Å². The predicted molar refractivity (Wildman–Crippen MR) is 58.7 cm³/mol. The van der Waals surface area contributed by atoms with E-state index < -0.39 is 0 Å². The van der Waals surface area contributed by atoms with Crippen molar-refractivity contribution in [2.24, 2.45) is 0 Å². The lowest BCUT2D eigenvalue weighted by molar-refractivity contribution is 0.901. The topological polar surface area (TPSA) is 33.4 Å². The molecular formula is C10H16N4. The normalized spacial score (nSPS) is 9.43. The summed E-state index contributed by atoms with van der Waals surface area (Å²) in [5, 5.41) is 4.31. The van der Waals surface area contributed by atoms with E-state index in [1.807, 2.05) is 51.2 Å². The van der Waals surface area contributed by atoms with Crippen LogP contribution in [-0.2, 0) is 0 Å².